The van der Waals surface area contributed by atoms with Crippen LogP contribution in [0.4, 0.5) is 8.78 Å². The topological polar surface area (TPSA) is 68.9 Å². The van der Waals surface area contributed by atoms with Gasteiger partial charge in [0.15, 0.2) is 5.65 Å². The summed E-state index contributed by atoms with van der Waals surface area (Å²) in [6.07, 6.45) is 1.58. The lowest BCUT2D eigenvalue weighted by Gasteiger charge is -2.07. The van der Waals surface area contributed by atoms with E-state index < -0.39 is 11.7 Å². The summed E-state index contributed by atoms with van der Waals surface area (Å²) < 4.78 is 29.9. The van der Waals surface area contributed by atoms with Gasteiger partial charge in [0.25, 0.3) is 5.91 Å². The van der Waals surface area contributed by atoms with Crippen molar-refractivity contribution in [2.75, 3.05) is 6.54 Å². The number of rotatable bonds is 6. The Balaban J connectivity index is 1.56. The lowest BCUT2D eigenvalue weighted by Crippen LogP contribution is -2.32. The van der Waals surface area contributed by atoms with Crippen molar-refractivity contribution >= 4 is 17.1 Å². The number of carbonyl (C=O) groups excluding carboxylic acids is 1. The first-order chi connectivity index (χ1) is 14.5. The highest BCUT2D eigenvalue weighted by Gasteiger charge is 2.15. The molecule has 152 valence electrons. The van der Waals surface area contributed by atoms with Crippen LogP contribution < -0.4 is 11.0 Å². The SMILES string of the molecule is O=C(NCCn1c(=O)n(Cc2ccc(F)cc2)c2cccnc21)c1ccccc1F. The van der Waals surface area contributed by atoms with Gasteiger partial charge in [0, 0.05) is 19.3 Å². The highest BCUT2D eigenvalue weighted by Crippen LogP contribution is 2.13. The van der Waals surface area contributed by atoms with Crippen LogP contribution in [-0.2, 0) is 13.1 Å². The Morgan fingerprint density at radius 1 is 0.967 bits per heavy atom. The van der Waals surface area contributed by atoms with E-state index in [9.17, 15) is 18.4 Å². The van der Waals surface area contributed by atoms with Crippen LogP contribution >= 0.6 is 0 Å². The third-order valence-electron chi connectivity index (χ3n) is 4.77. The van der Waals surface area contributed by atoms with Crippen LogP contribution in [0.25, 0.3) is 11.2 Å². The number of imidazole rings is 1. The predicted octanol–water partition coefficient (Wildman–Crippen LogP) is 2.95. The molecule has 0 radical (unpaired) electrons. The minimum atomic E-state index is -0.607. The molecule has 30 heavy (non-hydrogen) atoms. The molecule has 0 aliphatic rings. The zero-order chi connectivity index (χ0) is 21.1. The fraction of sp³-hybridized carbons (Fsp3) is 0.136. The summed E-state index contributed by atoms with van der Waals surface area (Å²) in [7, 11) is 0. The summed E-state index contributed by atoms with van der Waals surface area (Å²) in [5.74, 6) is -1.50. The minimum absolute atomic E-state index is 0.0540. The number of pyridine rings is 1. The molecule has 2 aromatic heterocycles. The monoisotopic (exact) mass is 408 g/mol. The van der Waals surface area contributed by atoms with Gasteiger partial charge in [-0.25, -0.2) is 18.6 Å². The van der Waals surface area contributed by atoms with Gasteiger partial charge in [-0.1, -0.05) is 24.3 Å². The molecule has 6 nitrogen and oxygen atoms in total. The predicted molar refractivity (Wildman–Crippen MR) is 108 cm³/mol. The number of nitrogens with zero attached hydrogens (tertiary/aromatic N) is 3. The summed E-state index contributed by atoms with van der Waals surface area (Å²) in [6, 6.07) is 15.1. The molecule has 0 bridgehead atoms. The van der Waals surface area contributed by atoms with Crippen LogP contribution in [0.5, 0.6) is 0 Å². The molecule has 2 heterocycles. The molecule has 2 aromatic carbocycles. The zero-order valence-electron chi connectivity index (χ0n) is 15.9. The lowest BCUT2D eigenvalue weighted by atomic mass is 10.2. The third-order valence-corrected chi connectivity index (χ3v) is 4.77. The van der Waals surface area contributed by atoms with Gasteiger partial charge in [-0.05, 0) is 42.0 Å². The molecule has 0 spiro atoms. The minimum Gasteiger partial charge on any atom is -0.350 e. The van der Waals surface area contributed by atoms with Crippen LogP contribution in [-0.4, -0.2) is 26.6 Å². The maximum absolute atomic E-state index is 13.7. The molecular weight excluding hydrogens is 390 g/mol. The van der Waals surface area contributed by atoms with Gasteiger partial charge in [0.1, 0.15) is 11.6 Å². The molecule has 0 aliphatic heterocycles. The normalized spacial score (nSPS) is 11.0. The Labute approximate surface area is 170 Å². The Morgan fingerprint density at radius 3 is 2.50 bits per heavy atom. The fourth-order valence-corrected chi connectivity index (χ4v) is 3.30. The molecule has 1 N–H and O–H groups in total. The Kier molecular flexibility index (Phi) is 5.38. The van der Waals surface area contributed by atoms with Gasteiger partial charge in [-0.2, -0.15) is 0 Å². The van der Waals surface area contributed by atoms with Crippen LogP contribution in [0.3, 0.4) is 0 Å². The lowest BCUT2D eigenvalue weighted by molar-refractivity contribution is 0.0948. The van der Waals surface area contributed by atoms with Gasteiger partial charge in [-0.15, -0.1) is 0 Å². The van der Waals surface area contributed by atoms with Gasteiger partial charge < -0.3 is 5.32 Å². The number of hydrogen-bond acceptors (Lipinski definition) is 3. The van der Waals surface area contributed by atoms with Crippen molar-refractivity contribution < 1.29 is 13.6 Å². The second-order valence-corrected chi connectivity index (χ2v) is 6.73. The van der Waals surface area contributed by atoms with Crippen LogP contribution in [0, 0.1) is 11.6 Å². The van der Waals surface area contributed by atoms with Crippen LogP contribution in [0.1, 0.15) is 15.9 Å². The summed E-state index contributed by atoms with van der Waals surface area (Å²) >= 11 is 0. The highest BCUT2D eigenvalue weighted by atomic mass is 19.1. The van der Waals surface area contributed by atoms with Gasteiger partial charge in [0.05, 0.1) is 17.6 Å². The Morgan fingerprint density at radius 2 is 1.73 bits per heavy atom. The van der Waals surface area contributed by atoms with E-state index in [1.54, 1.807) is 41.1 Å². The number of fused-ring (bicyclic) bond motifs is 1. The van der Waals surface area contributed by atoms with E-state index in [-0.39, 0.29) is 36.7 Å². The summed E-state index contributed by atoms with van der Waals surface area (Å²) in [5, 5.41) is 2.63. The maximum Gasteiger partial charge on any atom is 0.330 e. The molecule has 0 fully saturated rings. The van der Waals surface area contributed by atoms with E-state index >= 15 is 0 Å². The number of nitrogens with one attached hydrogen (secondary N) is 1. The van der Waals surface area contributed by atoms with Crippen molar-refractivity contribution in [1.82, 2.24) is 19.4 Å². The van der Waals surface area contributed by atoms with E-state index in [1.807, 2.05) is 0 Å². The van der Waals surface area contributed by atoms with E-state index in [2.05, 4.69) is 10.3 Å². The first-order valence-electron chi connectivity index (χ1n) is 9.36. The first-order valence-corrected chi connectivity index (χ1v) is 9.36. The summed E-state index contributed by atoms with van der Waals surface area (Å²) in [6.45, 7) is 0.554. The molecule has 1 amide bonds. The van der Waals surface area contributed by atoms with Crippen molar-refractivity contribution in [3.05, 3.63) is 100 Å². The number of carbonyl (C=O) groups is 1. The van der Waals surface area contributed by atoms with Crippen molar-refractivity contribution in [2.45, 2.75) is 13.1 Å². The molecule has 0 unspecified atom stereocenters. The van der Waals surface area contributed by atoms with E-state index in [1.165, 1.54) is 34.9 Å². The van der Waals surface area contributed by atoms with Gasteiger partial charge >= 0.3 is 5.69 Å². The van der Waals surface area contributed by atoms with Crippen molar-refractivity contribution in [2.24, 2.45) is 0 Å². The smallest absolute Gasteiger partial charge is 0.330 e. The average Bonchev–Trinajstić information content (AvgIpc) is 3.01. The first kappa shape index (κ1) is 19.5. The molecule has 4 aromatic rings. The van der Waals surface area contributed by atoms with Crippen molar-refractivity contribution in [3.8, 4) is 0 Å². The average molecular weight is 408 g/mol. The summed E-state index contributed by atoms with van der Waals surface area (Å²) in [4.78, 5) is 29.5. The Hall–Kier alpha value is -3.81. The Bertz CT molecular complexity index is 1260. The number of hydrogen-bond donors (Lipinski definition) is 1. The van der Waals surface area contributed by atoms with Gasteiger partial charge in [-0.3, -0.25) is 13.9 Å². The van der Waals surface area contributed by atoms with E-state index in [0.717, 1.165) is 5.56 Å². The highest BCUT2D eigenvalue weighted by molar-refractivity contribution is 5.94. The summed E-state index contributed by atoms with van der Waals surface area (Å²) in [5.41, 5.74) is 1.53. The third kappa shape index (κ3) is 3.84. The van der Waals surface area contributed by atoms with Gasteiger partial charge in [0.2, 0.25) is 0 Å². The number of amides is 1. The largest absolute Gasteiger partial charge is 0.350 e. The molecule has 0 atom stereocenters. The number of halogens is 2. The van der Waals surface area contributed by atoms with E-state index in [0.29, 0.717) is 11.2 Å². The molecule has 8 heteroatoms. The molecular formula is C22H18F2N4O2. The second-order valence-electron chi connectivity index (χ2n) is 6.73. The molecule has 0 saturated heterocycles. The standard InChI is InChI=1S/C22H18F2N4O2/c23-16-9-7-15(8-10-16)14-28-19-6-3-11-25-20(19)27(22(28)30)13-12-26-21(29)17-4-1-2-5-18(17)24/h1-11H,12-14H2,(H,26,29). The zero-order valence-corrected chi connectivity index (χ0v) is 15.9. The number of aromatic nitrogens is 3. The van der Waals surface area contributed by atoms with Crippen molar-refractivity contribution in [3.63, 3.8) is 0 Å². The van der Waals surface area contributed by atoms with Crippen LogP contribution in [0.15, 0.2) is 71.7 Å². The molecule has 0 aliphatic carbocycles. The maximum atomic E-state index is 13.7. The second kappa shape index (κ2) is 8.28. The quantitative estimate of drug-likeness (QED) is 0.533. The molecule has 4 rings (SSSR count). The van der Waals surface area contributed by atoms with Crippen molar-refractivity contribution in [1.29, 1.82) is 0 Å². The van der Waals surface area contributed by atoms with Crippen LogP contribution in [0.2, 0.25) is 0 Å². The van der Waals surface area contributed by atoms with E-state index in [4.69, 9.17) is 0 Å². The fourth-order valence-electron chi connectivity index (χ4n) is 3.30. The number of benzene rings is 2. The molecule has 0 saturated carbocycles.